The maximum atomic E-state index is 11.9. The molecule has 0 radical (unpaired) electrons. The zero-order valence-electron chi connectivity index (χ0n) is 12.5. The highest BCUT2D eigenvalue weighted by molar-refractivity contribution is 6.01. The first-order valence-corrected chi connectivity index (χ1v) is 6.92. The highest BCUT2D eigenvalue weighted by atomic mass is 16.6. The Morgan fingerprint density at radius 2 is 2.04 bits per heavy atom. The lowest BCUT2D eigenvalue weighted by Crippen LogP contribution is -2.07. The summed E-state index contributed by atoms with van der Waals surface area (Å²) < 4.78 is 5.11. The highest BCUT2D eigenvalue weighted by Gasteiger charge is 2.04. The van der Waals surface area contributed by atoms with Crippen molar-refractivity contribution < 1.29 is 14.5 Å². The molecule has 120 valence electrons. The van der Waals surface area contributed by atoms with Crippen molar-refractivity contribution in [2.24, 2.45) is 0 Å². The van der Waals surface area contributed by atoms with E-state index in [4.69, 9.17) is 10.00 Å². The molecular formula is C17H13N3O4. The number of hydrogen-bond acceptors (Lipinski definition) is 5. The molecule has 0 saturated carbocycles. The Kier molecular flexibility index (Phi) is 5.64. The molecule has 2 aromatic carbocycles. The molecule has 0 aliphatic rings. The summed E-state index contributed by atoms with van der Waals surface area (Å²) in [6.07, 6.45) is 2.78. The van der Waals surface area contributed by atoms with Crippen LogP contribution in [-0.4, -0.2) is 17.4 Å². The van der Waals surface area contributed by atoms with Gasteiger partial charge in [0, 0.05) is 23.9 Å². The second kappa shape index (κ2) is 8.10. The van der Waals surface area contributed by atoms with Crippen molar-refractivity contribution in [1.29, 1.82) is 5.26 Å². The zero-order chi connectivity index (χ0) is 17.4. The maximum absolute atomic E-state index is 11.9. The first-order valence-electron chi connectivity index (χ1n) is 6.92. The number of nitrogens with zero attached hydrogens (tertiary/aromatic N) is 2. The molecule has 7 nitrogen and oxygen atoms in total. The van der Waals surface area contributed by atoms with Crippen LogP contribution in [0.5, 0.6) is 5.75 Å². The summed E-state index contributed by atoms with van der Waals surface area (Å²) >= 11 is 0. The molecule has 0 saturated heterocycles. The van der Waals surface area contributed by atoms with E-state index in [0.29, 0.717) is 17.0 Å². The number of nitro benzene ring substituents is 1. The third-order valence-corrected chi connectivity index (χ3v) is 2.93. The first kappa shape index (κ1) is 16.7. The van der Waals surface area contributed by atoms with E-state index in [1.807, 2.05) is 6.07 Å². The quantitative estimate of drug-likeness (QED) is 0.499. The van der Waals surface area contributed by atoms with E-state index in [-0.39, 0.29) is 18.2 Å². The van der Waals surface area contributed by atoms with Crippen LogP contribution in [0.15, 0.2) is 54.6 Å². The van der Waals surface area contributed by atoms with E-state index in [1.54, 1.807) is 36.4 Å². The van der Waals surface area contributed by atoms with Crippen LogP contribution >= 0.6 is 0 Å². The molecule has 0 bridgehead atoms. The Bertz CT molecular complexity index is 807. The minimum atomic E-state index is -0.493. The van der Waals surface area contributed by atoms with Crippen molar-refractivity contribution in [1.82, 2.24) is 0 Å². The second-order valence-corrected chi connectivity index (χ2v) is 4.65. The van der Waals surface area contributed by atoms with E-state index in [2.05, 4.69) is 5.32 Å². The van der Waals surface area contributed by atoms with Crippen molar-refractivity contribution in [3.8, 4) is 11.8 Å². The third-order valence-electron chi connectivity index (χ3n) is 2.93. The number of nitrogens with one attached hydrogen (secondary N) is 1. The van der Waals surface area contributed by atoms with Gasteiger partial charge in [0.25, 0.3) is 5.69 Å². The van der Waals surface area contributed by atoms with Crippen molar-refractivity contribution in [2.75, 3.05) is 11.9 Å². The molecule has 0 fully saturated rings. The number of carbonyl (C=O) groups excluding carboxylic acids is 1. The van der Waals surface area contributed by atoms with Crippen molar-refractivity contribution in [3.05, 3.63) is 70.3 Å². The summed E-state index contributed by atoms with van der Waals surface area (Å²) in [5.74, 6) is 0.161. The Morgan fingerprint density at radius 3 is 2.71 bits per heavy atom. The summed E-state index contributed by atoms with van der Waals surface area (Å²) in [5.41, 5.74) is 1.08. The van der Waals surface area contributed by atoms with Gasteiger partial charge in [0.1, 0.15) is 11.8 Å². The van der Waals surface area contributed by atoms with E-state index >= 15 is 0 Å². The van der Waals surface area contributed by atoms with Gasteiger partial charge in [-0.2, -0.15) is 5.26 Å². The van der Waals surface area contributed by atoms with Crippen LogP contribution in [0.1, 0.15) is 5.56 Å². The molecule has 0 aromatic heterocycles. The molecule has 2 rings (SSSR count). The van der Waals surface area contributed by atoms with Crippen LogP contribution in [0.2, 0.25) is 0 Å². The molecular weight excluding hydrogens is 310 g/mol. The number of anilines is 1. The number of nitriles is 1. The Hall–Kier alpha value is -3.66. The SMILES string of the molecule is N#CCOc1ccc(NC(=O)/C=C/c2cccc([N+](=O)[O-])c2)cc1. The van der Waals surface area contributed by atoms with Crippen LogP contribution < -0.4 is 10.1 Å². The number of rotatable bonds is 6. The van der Waals surface area contributed by atoms with Gasteiger partial charge in [-0.3, -0.25) is 14.9 Å². The van der Waals surface area contributed by atoms with Crippen LogP contribution in [0.4, 0.5) is 11.4 Å². The molecule has 0 aliphatic carbocycles. The van der Waals surface area contributed by atoms with Gasteiger partial charge < -0.3 is 10.1 Å². The molecule has 1 amide bonds. The number of nitro groups is 1. The average Bonchev–Trinajstić information content (AvgIpc) is 2.59. The fourth-order valence-electron chi connectivity index (χ4n) is 1.85. The lowest BCUT2D eigenvalue weighted by Gasteiger charge is -2.04. The number of hydrogen-bond donors (Lipinski definition) is 1. The number of amides is 1. The van der Waals surface area contributed by atoms with Gasteiger partial charge in [-0.1, -0.05) is 12.1 Å². The molecule has 7 heteroatoms. The Balaban J connectivity index is 1.96. The van der Waals surface area contributed by atoms with Gasteiger partial charge in [-0.25, -0.2) is 0 Å². The molecule has 1 N–H and O–H groups in total. The number of ether oxygens (including phenoxy) is 1. The monoisotopic (exact) mass is 323 g/mol. The van der Waals surface area contributed by atoms with E-state index in [9.17, 15) is 14.9 Å². The van der Waals surface area contributed by atoms with Crippen molar-refractivity contribution >= 4 is 23.4 Å². The largest absolute Gasteiger partial charge is 0.479 e. The molecule has 24 heavy (non-hydrogen) atoms. The van der Waals surface area contributed by atoms with E-state index in [0.717, 1.165) is 0 Å². The lowest BCUT2D eigenvalue weighted by atomic mass is 10.2. The van der Waals surface area contributed by atoms with Crippen LogP contribution in [0, 0.1) is 21.4 Å². The first-order chi connectivity index (χ1) is 11.6. The minimum absolute atomic E-state index is 0.0366. The maximum Gasteiger partial charge on any atom is 0.270 e. The molecule has 0 atom stereocenters. The van der Waals surface area contributed by atoms with Gasteiger partial charge >= 0.3 is 0 Å². The summed E-state index contributed by atoms with van der Waals surface area (Å²) in [6.45, 7) is -0.0440. The van der Waals surface area contributed by atoms with Gasteiger partial charge in [-0.05, 0) is 35.9 Å². The smallest absolute Gasteiger partial charge is 0.270 e. The van der Waals surface area contributed by atoms with Gasteiger partial charge in [0.2, 0.25) is 5.91 Å². The van der Waals surface area contributed by atoms with Crippen molar-refractivity contribution in [3.63, 3.8) is 0 Å². The number of carbonyl (C=O) groups is 1. The van der Waals surface area contributed by atoms with Crippen molar-refractivity contribution in [2.45, 2.75) is 0 Å². The predicted octanol–water partition coefficient (Wildman–Crippen LogP) is 3.15. The van der Waals surface area contributed by atoms with Gasteiger partial charge in [0.05, 0.1) is 4.92 Å². The van der Waals surface area contributed by atoms with Gasteiger partial charge in [0.15, 0.2) is 6.61 Å². The highest BCUT2D eigenvalue weighted by Crippen LogP contribution is 2.16. The fraction of sp³-hybridized carbons (Fsp3) is 0.0588. The van der Waals surface area contributed by atoms with Crippen LogP contribution in [0.25, 0.3) is 6.08 Å². The average molecular weight is 323 g/mol. The molecule has 0 heterocycles. The van der Waals surface area contributed by atoms with E-state index in [1.165, 1.54) is 24.3 Å². The number of non-ortho nitro benzene ring substituents is 1. The predicted molar refractivity (Wildman–Crippen MR) is 88.3 cm³/mol. The number of benzene rings is 2. The standard InChI is InChI=1S/C17H13N3O4/c18-10-11-24-16-7-5-14(6-8-16)19-17(21)9-4-13-2-1-3-15(12-13)20(22)23/h1-9,12H,11H2,(H,19,21)/b9-4+. The zero-order valence-corrected chi connectivity index (χ0v) is 12.5. The molecule has 0 unspecified atom stereocenters. The second-order valence-electron chi connectivity index (χ2n) is 4.65. The summed E-state index contributed by atoms with van der Waals surface area (Å²) in [5, 5.41) is 21.8. The summed E-state index contributed by atoms with van der Waals surface area (Å²) in [4.78, 5) is 22.1. The molecule has 0 spiro atoms. The normalized spacial score (nSPS) is 10.1. The van der Waals surface area contributed by atoms with Crippen LogP contribution in [0.3, 0.4) is 0 Å². The minimum Gasteiger partial charge on any atom is -0.479 e. The third kappa shape index (κ3) is 4.96. The summed E-state index contributed by atoms with van der Waals surface area (Å²) in [6, 6.07) is 14.4. The molecule has 0 aliphatic heterocycles. The molecule has 2 aromatic rings. The lowest BCUT2D eigenvalue weighted by molar-refractivity contribution is -0.384. The Morgan fingerprint density at radius 1 is 1.29 bits per heavy atom. The summed E-state index contributed by atoms with van der Waals surface area (Å²) in [7, 11) is 0. The fourth-order valence-corrected chi connectivity index (χ4v) is 1.85. The van der Waals surface area contributed by atoms with Gasteiger partial charge in [-0.15, -0.1) is 0 Å². The van der Waals surface area contributed by atoms with Crippen LogP contribution in [-0.2, 0) is 4.79 Å². The Labute approximate surface area is 137 Å². The van der Waals surface area contributed by atoms with E-state index < -0.39 is 4.92 Å². The topological polar surface area (TPSA) is 105 Å².